The summed E-state index contributed by atoms with van der Waals surface area (Å²) in [6, 6.07) is 2.30. The van der Waals surface area contributed by atoms with Crippen LogP contribution >= 0.6 is 0 Å². The molecule has 3 unspecified atom stereocenters. The number of aromatic nitrogens is 1. The van der Waals surface area contributed by atoms with Gasteiger partial charge in [0.05, 0.1) is 11.9 Å². The van der Waals surface area contributed by atoms with Gasteiger partial charge in [0, 0.05) is 18.6 Å². The van der Waals surface area contributed by atoms with Crippen molar-refractivity contribution in [3.8, 4) is 0 Å². The van der Waals surface area contributed by atoms with Crippen LogP contribution in [0, 0.1) is 18.8 Å². The van der Waals surface area contributed by atoms with Crippen molar-refractivity contribution in [3.05, 3.63) is 17.8 Å². The quantitative estimate of drug-likeness (QED) is 0.397. The van der Waals surface area contributed by atoms with E-state index in [0.29, 0.717) is 41.5 Å². The number of anilines is 2. The van der Waals surface area contributed by atoms with Crippen molar-refractivity contribution in [1.29, 1.82) is 0 Å². The number of carbonyl (C=O) groups excluding carboxylic acids is 3. The first kappa shape index (κ1) is 29.9. The third-order valence-corrected chi connectivity index (χ3v) is 7.94. The van der Waals surface area contributed by atoms with Crippen LogP contribution < -0.4 is 16.0 Å². The Hall–Kier alpha value is -2.68. The van der Waals surface area contributed by atoms with Gasteiger partial charge in [0.25, 0.3) is 0 Å². The van der Waals surface area contributed by atoms with E-state index in [9.17, 15) is 14.4 Å². The zero-order chi connectivity index (χ0) is 27.9. The molecule has 212 valence electrons. The second-order valence-electron chi connectivity index (χ2n) is 12.0. The molecule has 3 atom stereocenters. The molecule has 0 aromatic carbocycles. The summed E-state index contributed by atoms with van der Waals surface area (Å²) in [6.07, 6.45) is 9.23. The Morgan fingerprint density at radius 3 is 2.53 bits per heavy atom. The van der Waals surface area contributed by atoms with Crippen LogP contribution in [0.15, 0.2) is 12.3 Å². The van der Waals surface area contributed by atoms with Gasteiger partial charge in [-0.2, -0.15) is 0 Å². The van der Waals surface area contributed by atoms with Gasteiger partial charge in [-0.15, -0.1) is 0 Å². The molecule has 38 heavy (non-hydrogen) atoms. The Morgan fingerprint density at radius 2 is 1.87 bits per heavy atom. The number of nitrogens with one attached hydrogen (secondary N) is 3. The van der Waals surface area contributed by atoms with E-state index in [4.69, 9.17) is 4.74 Å². The summed E-state index contributed by atoms with van der Waals surface area (Å²) >= 11 is 0. The lowest BCUT2D eigenvalue weighted by Crippen LogP contribution is -2.50. The number of hydrogen-bond donors (Lipinski definition) is 3. The third-order valence-electron chi connectivity index (χ3n) is 7.94. The summed E-state index contributed by atoms with van der Waals surface area (Å²) in [4.78, 5) is 44.2. The van der Waals surface area contributed by atoms with Gasteiger partial charge in [-0.1, -0.05) is 27.2 Å². The predicted molar refractivity (Wildman–Crippen MR) is 150 cm³/mol. The number of hydrogen-bond acceptors (Lipinski definition) is 6. The van der Waals surface area contributed by atoms with E-state index in [1.165, 1.54) is 25.5 Å². The van der Waals surface area contributed by atoms with Crippen LogP contribution in [-0.4, -0.2) is 58.6 Å². The molecule has 0 spiro atoms. The minimum absolute atomic E-state index is 0.0795. The van der Waals surface area contributed by atoms with Crippen LogP contribution in [0.25, 0.3) is 0 Å². The first-order valence-electron chi connectivity index (χ1n) is 14.3. The summed E-state index contributed by atoms with van der Waals surface area (Å²) in [5.74, 6) is -0.0129. The van der Waals surface area contributed by atoms with Crippen molar-refractivity contribution in [2.24, 2.45) is 11.8 Å². The molecule has 9 heteroatoms. The Labute approximate surface area is 227 Å². The number of pyridine rings is 1. The van der Waals surface area contributed by atoms with E-state index in [0.717, 1.165) is 38.6 Å². The van der Waals surface area contributed by atoms with E-state index >= 15 is 0 Å². The molecule has 3 N–H and O–H groups in total. The van der Waals surface area contributed by atoms with Gasteiger partial charge in [-0.05, 0) is 95.7 Å². The predicted octanol–water partition coefficient (Wildman–Crippen LogP) is 5.25. The number of aryl methyl sites for hydroxylation is 1. The first-order chi connectivity index (χ1) is 18.0. The van der Waals surface area contributed by atoms with E-state index in [1.807, 2.05) is 13.8 Å². The molecule has 1 aromatic rings. The van der Waals surface area contributed by atoms with E-state index in [2.05, 4.69) is 41.7 Å². The summed E-state index contributed by atoms with van der Waals surface area (Å²) in [6.45, 7) is 13.7. The largest absolute Gasteiger partial charge is 0.443 e. The molecule has 9 nitrogen and oxygen atoms in total. The maximum absolute atomic E-state index is 12.8. The van der Waals surface area contributed by atoms with Crippen LogP contribution in [-0.2, 0) is 14.3 Å². The Morgan fingerprint density at radius 1 is 1.13 bits per heavy atom. The van der Waals surface area contributed by atoms with Crippen molar-refractivity contribution in [1.82, 2.24) is 15.2 Å². The molecule has 3 heterocycles. The second-order valence-corrected chi connectivity index (χ2v) is 12.0. The molecule has 0 bridgehead atoms. The van der Waals surface area contributed by atoms with Gasteiger partial charge < -0.3 is 20.3 Å². The molecule has 2 fully saturated rings. The van der Waals surface area contributed by atoms with Gasteiger partial charge in [0.2, 0.25) is 0 Å². The SMILES string of the molecule is Cc1cc(NC(=O)C(=O)N2CCCCC2C(C)C)cnc1NC(=O)OC(C)(C)CCC(C)C1CCCCN1. The van der Waals surface area contributed by atoms with Crippen molar-refractivity contribution in [2.75, 3.05) is 23.7 Å². The summed E-state index contributed by atoms with van der Waals surface area (Å²) in [5, 5.41) is 8.99. The molecule has 2 aliphatic rings. The van der Waals surface area contributed by atoms with Gasteiger partial charge in [0.15, 0.2) is 0 Å². The number of amides is 3. The fourth-order valence-corrected chi connectivity index (χ4v) is 5.56. The number of rotatable bonds is 8. The highest BCUT2D eigenvalue weighted by Crippen LogP contribution is 2.26. The number of piperidine rings is 2. The lowest BCUT2D eigenvalue weighted by atomic mass is 9.87. The molecule has 0 aliphatic carbocycles. The fraction of sp³-hybridized carbons (Fsp3) is 0.724. The van der Waals surface area contributed by atoms with Crippen LogP contribution in [0.2, 0.25) is 0 Å². The first-order valence-corrected chi connectivity index (χ1v) is 14.3. The summed E-state index contributed by atoms with van der Waals surface area (Å²) in [7, 11) is 0. The number of ether oxygens (including phenoxy) is 1. The maximum Gasteiger partial charge on any atom is 0.413 e. The average molecular weight is 530 g/mol. The monoisotopic (exact) mass is 529 g/mol. The number of carbonyl (C=O) groups is 3. The molecular weight excluding hydrogens is 482 g/mol. The third kappa shape index (κ3) is 8.41. The normalized spacial score (nSPS) is 21.1. The van der Waals surface area contributed by atoms with E-state index < -0.39 is 23.5 Å². The molecule has 0 saturated carbocycles. The highest BCUT2D eigenvalue weighted by molar-refractivity contribution is 6.39. The highest BCUT2D eigenvalue weighted by Gasteiger charge is 2.32. The van der Waals surface area contributed by atoms with E-state index in [1.54, 1.807) is 17.9 Å². The van der Waals surface area contributed by atoms with Gasteiger partial charge in [-0.25, -0.2) is 9.78 Å². The van der Waals surface area contributed by atoms with Crippen LogP contribution in [0.5, 0.6) is 0 Å². The van der Waals surface area contributed by atoms with E-state index in [-0.39, 0.29) is 6.04 Å². The van der Waals surface area contributed by atoms with Gasteiger partial charge in [0.1, 0.15) is 11.4 Å². The number of nitrogens with zero attached hydrogens (tertiary/aromatic N) is 2. The topological polar surface area (TPSA) is 113 Å². The molecule has 2 aliphatic heterocycles. The minimum Gasteiger partial charge on any atom is -0.443 e. The summed E-state index contributed by atoms with van der Waals surface area (Å²) < 4.78 is 5.73. The highest BCUT2D eigenvalue weighted by atomic mass is 16.6. The zero-order valence-electron chi connectivity index (χ0n) is 24.1. The molecule has 3 rings (SSSR count). The fourth-order valence-electron chi connectivity index (χ4n) is 5.56. The minimum atomic E-state index is -0.668. The smallest absolute Gasteiger partial charge is 0.413 e. The zero-order valence-corrected chi connectivity index (χ0v) is 24.1. The molecule has 2 saturated heterocycles. The van der Waals surface area contributed by atoms with Gasteiger partial charge >= 0.3 is 17.9 Å². The number of likely N-dealkylation sites (tertiary alicyclic amines) is 1. The standard InChI is InChI=1S/C29H47N5O4/c1-19(2)24-12-8-10-16-34(24)27(36)26(35)32-22-17-21(4)25(31-18-22)33-28(37)38-29(5,6)14-13-20(3)23-11-7-9-15-30-23/h17-20,23-24,30H,7-16H2,1-6H3,(H,32,35)(H,31,33,37). The van der Waals surface area contributed by atoms with Crippen LogP contribution in [0.3, 0.4) is 0 Å². The molecule has 1 aromatic heterocycles. The summed E-state index contributed by atoms with van der Waals surface area (Å²) in [5.41, 5.74) is 0.445. The van der Waals surface area contributed by atoms with Crippen molar-refractivity contribution < 1.29 is 19.1 Å². The molecule has 3 amide bonds. The molecule has 0 radical (unpaired) electrons. The van der Waals surface area contributed by atoms with Gasteiger partial charge in [-0.3, -0.25) is 14.9 Å². The van der Waals surface area contributed by atoms with Crippen molar-refractivity contribution in [2.45, 2.75) is 111 Å². The Balaban J connectivity index is 1.51. The average Bonchev–Trinajstić information content (AvgIpc) is 2.88. The second kappa shape index (κ2) is 13.4. The lowest BCUT2D eigenvalue weighted by molar-refractivity contribution is -0.146. The van der Waals surface area contributed by atoms with Crippen LogP contribution in [0.1, 0.15) is 91.5 Å². The maximum atomic E-state index is 12.8. The molecular formula is C29H47N5O4. The Bertz CT molecular complexity index is 974. The lowest BCUT2D eigenvalue weighted by Gasteiger charge is -2.37. The van der Waals surface area contributed by atoms with Crippen molar-refractivity contribution in [3.63, 3.8) is 0 Å². The Kier molecular flexibility index (Phi) is 10.5. The van der Waals surface area contributed by atoms with Crippen molar-refractivity contribution >= 4 is 29.4 Å². The van der Waals surface area contributed by atoms with Crippen LogP contribution in [0.4, 0.5) is 16.3 Å².